The molecule has 2 rings (SSSR count). The molecule has 0 atom stereocenters. The van der Waals surface area contributed by atoms with Gasteiger partial charge in [0.1, 0.15) is 0 Å². The van der Waals surface area contributed by atoms with Gasteiger partial charge in [0.2, 0.25) is 0 Å². The van der Waals surface area contributed by atoms with Crippen molar-refractivity contribution in [1.29, 1.82) is 0 Å². The first kappa shape index (κ1) is 14.1. The summed E-state index contributed by atoms with van der Waals surface area (Å²) in [4.78, 5) is 14.3. The second kappa shape index (κ2) is 6.21. The fourth-order valence-corrected chi connectivity index (χ4v) is 2.03. The van der Waals surface area contributed by atoms with E-state index >= 15 is 0 Å². The standard InChI is InChI=1S/C16H19N3O/c1-3-19(15-10-4-12(2)5-11-15)16(20)13-6-8-14(18-17)9-7-13/h4-11,18H,3,17H2,1-2H3. The molecule has 0 aliphatic rings. The highest BCUT2D eigenvalue weighted by Gasteiger charge is 2.15. The van der Waals surface area contributed by atoms with Gasteiger partial charge < -0.3 is 10.3 Å². The third kappa shape index (κ3) is 2.97. The van der Waals surface area contributed by atoms with Crippen LogP contribution in [0.1, 0.15) is 22.8 Å². The molecule has 4 heteroatoms. The van der Waals surface area contributed by atoms with E-state index in [0.717, 1.165) is 11.4 Å². The van der Waals surface area contributed by atoms with Crippen molar-refractivity contribution in [3.05, 3.63) is 59.7 Å². The number of nitrogen functional groups attached to an aromatic ring is 1. The Bertz CT molecular complexity index is 576. The number of amides is 1. The van der Waals surface area contributed by atoms with Crippen molar-refractivity contribution >= 4 is 17.3 Å². The van der Waals surface area contributed by atoms with Crippen LogP contribution in [0.2, 0.25) is 0 Å². The molecule has 0 saturated carbocycles. The first-order valence-corrected chi connectivity index (χ1v) is 6.61. The molecule has 1 amide bonds. The van der Waals surface area contributed by atoms with E-state index in [0.29, 0.717) is 12.1 Å². The van der Waals surface area contributed by atoms with Crippen LogP contribution in [-0.2, 0) is 0 Å². The Balaban J connectivity index is 2.26. The van der Waals surface area contributed by atoms with E-state index in [-0.39, 0.29) is 5.91 Å². The van der Waals surface area contributed by atoms with Crippen LogP contribution in [0, 0.1) is 6.92 Å². The van der Waals surface area contributed by atoms with Gasteiger partial charge in [-0.1, -0.05) is 17.7 Å². The zero-order chi connectivity index (χ0) is 14.5. The summed E-state index contributed by atoms with van der Waals surface area (Å²) < 4.78 is 0. The Morgan fingerprint density at radius 1 is 1.10 bits per heavy atom. The van der Waals surface area contributed by atoms with Gasteiger partial charge in [-0.3, -0.25) is 10.6 Å². The minimum absolute atomic E-state index is 0.0140. The largest absolute Gasteiger partial charge is 0.324 e. The summed E-state index contributed by atoms with van der Waals surface area (Å²) in [6.07, 6.45) is 0. The molecule has 0 unspecified atom stereocenters. The quantitative estimate of drug-likeness (QED) is 0.662. The predicted molar refractivity (Wildman–Crippen MR) is 82.8 cm³/mol. The average Bonchev–Trinajstić information content (AvgIpc) is 2.50. The van der Waals surface area contributed by atoms with Crippen molar-refractivity contribution < 1.29 is 4.79 Å². The Morgan fingerprint density at radius 3 is 2.20 bits per heavy atom. The maximum atomic E-state index is 12.5. The monoisotopic (exact) mass is 269 g/mol. The molecular weight excluding hydrogens is 250 g/mol. The van der Waals surface area contributed by atoms with Crippen molar-refractivity contribution in [2.45, 2.75) is 13.8 Å². The number of rotatable bonds is 4. The topological polar surface area (TPSA) is 58.4 Å². The Labute approximate surface area is 119 Å². The lowest BCUT2D eigenvalue weighted by molar-refractivity contribution is 0.0988. The highest BCUT2D eigenvalue weighted by Crippen LogP contribution is 2.18. The number of benzene rings is 2. The number of hydrazine groups is 1. The second-order valence-electron chi connectivity index (χ2n) is 4.61. The third-order valence-corrected chi connectivity index (χ3v) is 3.21. The van der Waals surface area contributed by atoms with E-state index in [1.807, 2.05) is 38.1 Å². The van der Waals surface area contributed by atoms with Gasteiger partial charge in [0, 0.05) is 23.5 Å². The fraction of sp³-hybridized carbons (Fsp3) is 0.188. The van der Waals surface area contributed by atoms with Crippen LogP contribution in [0.3, 0.4) is 0 Å². The molecule has 0 aromatic heterocycles. The number of nitrogens with two attached hydrogens (primary N) is 1. The van der Waals surface area contributed by atoms with E-state index in [2.05, 4.69) is 5.43 Å². The number of nitrogens with one attached hydrogen (secondary N) is 1. The highest BCUT2D eigenvalue weighted by atomic mass is 16.2. The van der Waals surface area contributed by atoms with Gasteiger partial charge in [-0.05, 0) is 50.2 Å². The smallest absolute Gasteiger partial charge is 0.258 e. The summed E-state index contributed by atoms with van der Waals surface area (Å²) in [5.41, 5.74) is 6.05. The lowest BCUT2D eigenvalue weighted by Crippen LogP contribution is -2.30. The molecule has 0 radical (unpaired) electrons. The first-order chi connectivity index (χ1) is 9.65. The molecular formula is C16H19N3O. The van der Waals surface area contributed by atoms with Crippen LogP contribution < -0.4 is 16.2 Å². The van der Waals surface area contributed by atoms with Crippen LogP contribution in [-0.4, -0.2) is 12.5 Å². The van der Waals surface area contributed by atoms with Crippen LogP contribution in [0.4, 0.5) is 11.4 Å². The van der Waals surface area contributed by atoms with Gasteiger partial charge in [-0.25, -0.2) is 0 Å². The molecule has 20 heavy (non-hydrogen) atoms. The lowest BCUT2D eigenvalue weighted by atomic mass is 10.1. The number of hydrogen-bond donors (Lipinski definition) is 2. The Hall–Kier alpha value is -2.33. The number of carbonyl (C=O) groups is 1. The summed E-state index contributed by atoms with van der Waals surface area (Å²) >= 11 is 0. The van der Waals surface area contributed by atoms with E-state index in [9.17, 15) is 4.79 Å². The molecule has 0 saturated heterocycles. The van der Waals surface area contributed by atoms with E-state index in [1.165, 1.54) is 5.56 Å². The van der Waals surface area contributed by atoms with Gasteiger partial charge in [0.15, 0.2) is 0 Å². The number of anilines is 2. The molecule has 0 heterocycles. The maximum absolute atomic E-state index is 12.5. The Morgan fingerprint density at radius 2 is 1.70 bits per heavy atom. The van der Waals surface area contributed by atoms with Crippen LogP contribution >= 0.6 is 0 Å². The SMILES string of the molecule is CCN(C(=O)c1ccc(NN)cc1)c1ccc(C)cc1. The molecule has 0 bridgehead atoms. The third-order valence-electron chi connectivity index (χ3n) is 3.21. The molecule has 0 aliphatic heterocycles. The minimum Gasteiger partial charge on any atom is -0.324 e. The number of hydrogen-bond acceptors (Lipinski definition) is 3. The average molecular weight is 269 g/mol. The van der Waals surface area contributed by atoms with Gasteiger partial charge in [0.05, 0.1) is 0 Å². The highest BCUT2D eigenvalue weighted by molar-refractivity contribution is 6.06. The molecule has 104 valence electrons. The normalized spacial score (nSPS) is 10.2. The summed E-state index contributed by atoms with van der Waals surface area (Å²) in [7, 11) is 0. The summed E-state index contributed by atoms with van der Waals surface area (Å²) in [6, 6.07) is 15.1. The summed E-state index contributed by atoms with van der Waals surface area (Å²) in [5, 5.41) is 0. The van der Waals surface area contributed by atoms with Crippen molar-refractivity contribution in [1.82, 2.24) is 0 Å². The zero-order valence-electron chi connectivity index (χ0n) is 11.8. The molecule has 3 N–H and O–H groups in total. The Kier molecular flexibility index (Phi) is 4.38. The van der Waals surface area contributed by atoms with Gasteiger partial charge in [-0.15, -0.1) is 0 Å². The minimum atomic E-state index is -0.0140. The second-order valence-corrected chi connectivity index (χ2v) is 4.61. The van der Waals surface area contributed by atoms with Gasteiger partial charge in [0.25, 0.3) is 5.91 Å². The lowest BCUT2D eigenvalue weighted by Gasteiger charge is -2.21. The molecule has 2 aromatic carbocycles. The zero-order valence-corrected chi connectivity index (χ0v) is 11.8. The van der Waals surface area contributed by atoms with Crippen LogP contribution in [0.25, 0.3) is 0 Å². The summed E-state index contributed by atoms with van der Waals surface area (Å²) in [6.45, 7) is 4.62. The van der Waals surface area contributed by atoms with E-state index in [4.69, 9.17) is 5.84 Å². The van der Waals surface area contributed by atoms with E-state index in [1.54, 1.807) is 29.2 Å². The van der Waals surface area contributed by atoms with Crippen molar-refractivity contribution in [3.63, 3.8) is 0 Å². The molecule has 0 aliphatic carbocycles. The number of aryl methyl sites for hydroxylation is 1. The molecule has 2 aromatic rings. The number of nitrogens with zero attached hydrogens (tertiary/aromatic N) is 1. The maximum Gasteiger partial charge on any atom is 0.258 e. The van der Waals surface area contributed by atoms with Crippen LogP contribution in [0.15, 0.2) is 48.5 Å². The summed E-state index contributed by atoms with van der Waals surface area (Å²) in [5.74, 6) is 5.31. The van der Waals surface area contributed by atoms with Gasteiger partial charge in [-0.2, -0.15) is 0 Å². The first-order valence-electron chi connectivity index (χ1n) is 6.61. The molecule has 4 nitrogen and oxygen atoms in total. The van der Waals surface area contributed by atoms with Crippen molar-refractivity contribution in [2.24, 2.45) is 5.84 Å². The molecule has 0 fully saturated rings. The fourth-order valence-electron chi connectivity index (χ4n) is 2.03. The van der Waals surface area contributed by atoms with E-state index < -0.39 is 0 Å². The van der Waals surface area contributed by atoms with Crippen LogP contribution in [0.5, 0.6) is 0 Å². The predicted octanol–water partition coefficient (Wildman–Crippen LogP) is 2.95. The number of carbonyl (C=O) groups excluding carboxylic acids is 1. The molecule has 0 spiro atoms. The van der Waals surface area contributed by atoms with Gasteiger partial charge >= 0.3 is 0 Å². The van der Waals surface area contributed by atoms with Crippen molar-refractivity contribution in [2.75, 3.05) is 16.9 Å². The van der Waals surface area contributed by atoms with Crippen molar-refractivity contribution in [3.8, 4) is 0 Å².